The van der Waals surface area contributed by atoms with Crippen LogP contribution in [0.5, 0.6) is 11.5 Å². The van der Waals surface area contributed by atoms with Crippen molar-refractivity contribution in [1.29, 1.82) is 5.26 Å². The molecule has 0 fully saturated rings. The Morgan fingerprint density at radius 3 is 2.74 bits per heavy atom. The lowest BCUT2D eigenvalue weighted by Gasteiger charge is -2.09. The molecule has 3 nitrogen and oxygen atoms in total. The number of nitrogens with zero attached hydrogens (tertiary/aromatic N) is 1. The highest BCUT2D eigenvalue weighted by atomic mass is 79.9. The summed E-state index contributed by atoms with van der Waals surface area (Å²) in [5.74, 6) is 0.101. The van der Waals surface area contributed by atoms with Gasteiger partial charge in [0.25, 0.3) is 0 Å². The van der Waals surface area contributed by atoms with E-state index in [1.807, 2.05) is 6.07 Å². The zero-order valence-corrected chi connectivity index (χ0v) is 11.4. The van der Waals surface area contributed by atoms with Crippen molar-refractivity contribution in [2.45, 2.75) is 6.42 Å². The molecule has 2 aromatic carbocycles. The van der Waals surface area contributed by atoms with Gasteiger partial charge in [-0.05, 0) is 42.0 Å². The molecule has 0 amide bonds. The van der Waals surface area contributed by atoms with E-state index in [0.29, 0.717) is 21.5 Å². The van der Waals surface area contributed by atoms with Gasteiger partial charge in [-0.15, -0.1) is 0 Å². The molecule has 0 saturated carbocycles. The second-order valence-corrected chi connectivity index (χ2v) is 4.79. The number of anilines is 1. The van der Waals surface area contributed by atoms with Gasteiger partial charge in [0.1, 0.15) is 5.75 Å². The Morgan fingerprint density at radius 2 is 2.05 bits per heavy atom. The molecule has 19 heavy (non-hydrogen) atoms. The normalized spacial score (nSPS) is 9.95. The van der Waals surface area contributed by atoms with Gasteiger partial charge in [-0.3, -0.25) is 0 Å². The van der Waals surface area contributed by atoms with E-state index < -0.39 is 5.82 Å². The molecule has 5 heteroatoms. The Morgan fingerprint density at radius 1 is 1.26 bits per heavy atom. The van der Waals surface area contributed by atoms with Crippen molar-refractivity contribution in [2.75, 3.05) is 5.73 Å². The van der Waals surface area contributed by atoms with Crippen LogP contribution in [-0.4, -0.2) is 0 Å². The largest absolute Gasteiger partial charge is 0.454 e. The Bertz CT molecular complexity index is 652. The molecule has 0 aliphatic rings. The third-order valence-electron chi connectivity index (χ3n) is 2.51. The fourth-order valence-electron chi connectivity index (χ4n) is 1.57. The molecule has 0 radical (unpaired) electrons. The fourth-order valence-corrected chi connectivity index (χ4v) is 1.90. The number of nitrogen functional groups attached to an aromatic ring is 1. The molecule has 96 valence electrons. The minimum atomic E-state index is -0.465. The number of benzene rings is 2. The van der Waals surface area contributed by atoms with Gasteiger partial charge in [0.15, 0.2) is 11.6 Å². The Hall–Kier alpha value is -2.06. The minimum Gasteiger partial charge on any atom is -0.454 e. The van der Waals surface area contributed by atoms with Crippen LogP contribution in [0.15, 0.2) is 40.9 Å². The van der Waals surface area contributed by atoms with E-state index in [1.165, 1.54) is 12.1 Å². The SMILES string of the molecule is N#CCc1cc(Oc2ccc(Br)cc2F)ccc1N. The lowest BCUT2D eigenvalue weighted by molar-refractivity contribution is 0.441. The first-order valence-corrected chi connectivity index (χ1v) is 6.27. The van der Waals surface area contributed by atoms with E-state index in [0.717, 1.165) is 0 Å². The zero-order chi connectivity index (χ0) is 13.8. The maximum Gasteiger partial charge on any atom is 0.166 e. The van der Waals surface area contributed by atoms with E-state index in [1.54, 1.807) is 24.3 Å². The number of halogens is 2. The summed E-state index contributed by atoms with van der Waals surface area (Å²) in [7, 11) is 0. The molecule has 2 N–H and O–H groups in total. The number of ether oxygens (including phenoxy) is 1. The first kappa shape index (κ1) is 13.4. The Kier molecular flexibility index (Phi) is 4.03. The van der Waals surface area contributed by atoms with E-state index in [9.17, 15) is 4.39 Å². The van der Waals surface area contributed by atoms with Crippen molar-refractivity contribution in [3.63, 3.8) is 0 Å². The second kappa shape index (κ2) is 5.72. The van der Waals surface area contributed by atoms with Gasteiger partial charge < -0.3 is 10.5 Å². The molecular formula is C14H10BrFN2O. The monoisotopic (exact) mass is 320 g/mol. The summed E-state index contributed by atoms with van der Waals surface area (Å²) in [6, 6.07) is 11.5. The van der Waals surface area contributed by atoms with Crippen LogP contribution in [0.2, 0.25) is 0 Å². The van der Waals surface area contributed by atoms with E-state index in [2.05, 4.69) is 15.9 Å². The van der Waals surface area contributed by atoms with Crippen LogP contribution in [-0.2, 0) is 6.42 Å². The molecule has 0 spiro atoms. The maximum absolute atomic E-state index is 13.6. The predicted molar refractivity (Wildman–Crippen MR) is 74.3 cm³/mol. The molecule has 0 unspecified atom stereocenters. The van der Waals surface area contributed by atoms with Crippen molar-refractivity contribution in [3.8, 4) is 17.6 Å². The standard InChI is InChI=1S/C14H10BrFN2O/c15-10-1-4-14(12(16)8-10)19-11-2-3-13(18)9(7-11)5-6-17/h1-4,7-8H,5,18H2. The highest BCUT2D eigenvalue weighted by molar-refractivity contribution is 9.10. The average molecular weight is 321 g/mol. The molecule has 2 aromatic rings. The summed E-state index contributed by atoms with van der Waals surface area (Å²) in [5.41, 5.74) is 6.91. The van der Waals surface area contributed by atoms with Gasteiger partial charge in [-0.25, -0.2) is 4.39 Å². The van der Waals surface area contributed by atoms with Crippen LogP contribution in [0.4, 0.5) is 10.1 Å². The summed E-state index contributed by atoms with van der Waals surface area (Å²) < 4.78 is 19.7. The highest BCUT2D eigenvalue weighted by Crippen LogP contribution is 2.28. The number of hydrogen-bond acceptors (Lipinski definition) is 3. The van der Waals surface area contributed by atoms with Gasteiger partial charge in [0.2, 0.25) is 0 Å². The van der Waals surface area contributed by atoms with Crippen molar-refractivity contribution < 1.29 is 9.13 Å². The van der Waals surface area contributed by atoms with Crippen molar-refractivity contribution >= 4 is 21.6 Å². The quantitative estimate of drug-likeness (QED) is 0.868. The van der Waals surface area contributed by atoms with Crippen LogP contribution in [0.25, 0.3) is 0 Å². The van der Waals surface area contributed by atoms with Crippen molar-refractivity contribution in [1.82, 2.24) is 0 Å². The van der Waals surface area contributed by atoms with E-state index >= 15 is 0 Å². The topological polar surface area (TPSA) is 59.0 Å². The lowest BCUT2D eigenvalue weighted by Crippen LogP contribution is -1.95. The minimum absolute atomic E-state index is 0.121. The summed E-state index contributed by atoms with van der Waals surface area (Å²) >= 11 is 3.18. The van der Waals surface area contributed by atoms with Gasteiger partial charge in [0, 0.05) is 10.2 Å². The second-order valence-electron chi connectivity index (χ2n) is 3.87. The third kappa shape index (κ3) is 3.24. The molecule has 0 aliphatic carbocycles. The van der Waals surface area contributed by atoms with E-state index in [4.69, 9.17) is 15.7 Å². The lowest BCUT2D eigenvalue weighted by atomic mass is 10.1. The fraction of sp³-hybridized carbons (Fsp3) is 0.0714. The molecule has 0 atom stereocenters. The van der Waals surface area contributed by atoms with Crippen LogP contribution < -0.4 is 10.5 Å². The molecular weight excluding hydrogens is 311 g/mol. The molecule has 0 aromatic heterocycles. The van der Waals surface area contributed by atoms with Crippen molar-refractivity contribution in [3.05, 3.63) is 52.3 Å². The number of rotatable bonds is 3. The van der Waals surface area contributed by atoms with Crippen LogP contribution in [0.3, 0.4) is 0 Å². The smallest absolute Gasteiger partial charge is 0.166 e. The molecule has 0 bridgehead atoms. The van der Waals surface area contributed by atoms with Gasteiger partial charge in [-0.2, -0.15) is 5.26 Å². The summed E-state index contributed by atoms with van der Waals surface area (Å²) in [5, 5.41) is 8.69. The number of hydrogen-bond donors (Lipinski definition) is 1. The maximum atomic E-state index is 13.6. The first-order valence-electron chi connectivity index (χ1n) is 5.48. The summed E-state index contributed by atoms with van der Waals surface area (Å²) in [4.78, 5) is 0. The molecule has 2 rings (SSSR count). The van der Waals surface area contributed by atoms with Crippen LogP contribution in [0, 0.1) is 17.1 Å². The summed E-state index contributed by atoms with van der Waals surface area (Å²) in [6.07, 6.45) is 0.186. The average Bonchev–Trinajstić information content (AvgIpc) is 2.37. The molecule has 0 heterocycles. The van der Waals surface area contributed by atoms with Gasteiger partial charge in [-0.1, -0.05) is 15.9 Å². The first-order chi connectivity index (χ1) is 9.10. The predicted octanol–water partition coefficient (Wildman–Crippen LogP) is 4.03. The highest BCUT2D eigenvalue weighted by Gasteiger charge is 2.07. The number of nitriles is 1. The number of nitrogens with two attached hydrogens (primary N) is 1. The van der Waals surface area contributed by atoms with Gasteiger partial charge >= 0.3 is 0 Å². The van der Waals surface area contributed by atoms with Crippen LogP contribution in [0.1, 0.15) is 5.56 Å². The van der Waals surface area contributed by atoms with Crippen LogP contribution >= 0.6 is 15.9 Å². The summed E-state index contributed by atoms with van der Waals surface area (Å²) in [6.45, 7) is 0. The van der Waals surface area contributed by atoms with Gasteiger partial charge in [0.05, 0.1) is 12.5 Å². The molecule has 0 saturated heterocycles. The third-order valence-corrected chi connectivity index (χ3v) is 3.00. The van der Waals surface area contributed by atoms with E-state index in [-0.39, 0.29) is 12.2 Å². The Labute approximate surface area is 118 Å². The van der Waals surface area contributed by atoms with Crippen molar-refractivity contribution in [2.24, 2.45) is 0 Å². The Balaban J connectivity index is 2.28. The molecule has 0 aliphatic heterocycles. The zero-order valence-electron chi connectivity index (χ0n) is 9.86.